The first kappa shape index (κ1) is 19.3. The Kier molecular flexibility index (Phi) is 5.84. The number of anilines is 3. The van der Waals surface area contributed by atoms with Crippen molar-refractivity contribution in [2.45, 2.75) is 27.2 Å². The van der Waals surface area contributed by atoms with E-state index in [1.54, 1.807) is 42.6 Å². The van der Waals surface area contributed by atoms with Crippen molar-refractivity contribution in [1.82, 2.24) is 4.98 Å². The van der Waals surface area contributed by atoms with Gasteiger partial charge < -0.3 is 10.6 Å². The second kappa shape index (κ2) is 8.48. The Morgan fingerprint density at radius 2 is 1.68 bits per heavy atom. The van der Waals surface area contributed by atoms with E-state index in [-0.39, 0.29) is 11.7 Å². The molecule has 0 radical (unpaired) electrons. The third kappa shape index (κ3) is 4.43. The minimum Gasteiger partial charge on any atom is -0.340 e. The zero-order chi connectivity index (χ0) is 20.1. The molecule has 3 rings (SSSR count). The fourth-order valence-electron chi connectivity index (χ4n) is 2.92. The molecule has 0 saturated heterocycles. The topological polar surface area (TPSA) is 71.1 Å². The first-order valence-electron chi connectivity index (χ1n) is 9.22. The number of Topliss-reactive ketones (excluding diaryl/α,β-unsaturated/α-hetero) is 1. The fraction of sp³-hybridized carbons (Fsp3) is 0.174. The van der Waals surface area contributed by atoms with E-state index >= 15 is 0 Å². The van der Waals surface area contributed by atoms with Crippen molar-refractivity contribution < 1.29 is 9.59 Å². The molecule has 0 spiro atoms. The van der Waals surface area contributed by atoms with Crippen molar-refractivity contribution in [2.24, 2.45) is 0 Å². The third-order valence-corrected chi connectivity index (χ3v) is 4.57. The summed E-state index contributed by atoms with van der Waals surface area (Å²) in [5.41, 5.74) is 5.12. The third-order valence-electron chi connectivity index (χ3n) is 4.57. The average molecular weight is 373 g/mol. The van der Waals surface area contributed by atoms with Crippen LogP contribution in [0, 0.1) is 6.92 Å². The monoisotopic (exact) mass is 373 g/mol. The van der Waals surface area contributed by atoms with Crippen LogP contribution in [-0.4, -0.2) is 16.7 Å². The Morgan fingerprint density at radius 1 is 0.964 bits per heavy atom. The van der Waals surface area contributed by atoms with Gasteiger partial charge in [0.05, 0.1) is 5.56 Å². The number of hydrogen-bond donors (Lipinski definition) is 2. The smallest absolute Gasteiger partial charge is 0.257 e. The Hall–Kier alpha value is -3.47. The van der Waals surface area contributed by atoms with Gasteiger partial charge in [0.15, 0.2) is 5.78 Å². The summed E-state index contributed by atoms with van der Waals surface area (Å²) in [4.78, 5) is 28.1. The minimum absolute atomic E-state index is 0.00921. The average Bonchev–Trinajstić information content (AvgIpc) is 2.70. The number of aryl methyl sites for hydroxylation is 2. The largest absolute Gasteiger partial charge is 0.340 e. The highest BCUT2D eigenvalue weighted by molar-refractivity contribution is 6.04. The molecule has 0 aliphatic heterocycles. The fourth-order valence-corrected chi connectivity index (χ4v) is 2.92. The zero-order valence-corrected chi connectivity index (χ0v) is 16.2. The number of ketones is 1. The number of amides is 1. The van der Waals surface area contributed by atoms with E-state index in [1.165, 1.54) is 12.5 Å². The molecule has 3 aromatic rings. The Labute approximate surface area is 164 Å². The summed E-state index contributed by atoms with van der Waals surface area (Å²) >= 11 is 0. The maximum atomic E-state index is 12.4. The lowest BCUT2D eigenvalue weighted by Gasteiger charge is -2.13. The van der Waals surface area contributed by atoms with Crippen LogP contribution in [0.4, 0.5) is 17.2 Å². The summed E-state index contributed by atoms with van der Waals surface area (Å²) in [5, 5.41) is 6.16. The lowest BCUT2D eigenvalue weighted by atomic mass is 10.1. The molecule has 5 nitrogen and oxygen atoms in total. The number of carbonyl (C=O) groups is 2. The molecule has 0 unspecified atom stereocenters. The van der Waals surface area contributed by atoms with Crippen molar-refractivity contribution in [3.63, 3.8) is 0 Å². The number of benzene rings is 2. The number of carbonyl (C=O) groups excluding carboxylic acids is 2. The van der Waals surface area contributed by atoms with Crippen LogP contribution in [0.3, 0.4) is 0 Å². The van der Waals surface area contributed by atoms with Crippen molar-refractivity contribution in [2.75, 3.05) is 10.6 Å². The second-order valence-electron chi connectivity index (χ2n) is 6.61. The summed E-state index contributed by atoms with van der Waals surface area (Å²) in [5.74, 6) is 0.427. The number of nitrogens with one attached hydrogen (secondary N) is 2. The SMILES string of the molecule is CCc1cccc(C)c1Nc1ccc(C(=O)Nc2ccc(C(C)=O)cc2)cn1. The Balaban J connectivity index is 1.70. The van der Waals surface area contributed by atoms with Crippen molar-refractivity contribution in [3.05, 3.63) is 83.0 Å². The van der Waals surface area contributed by atoms with Crippen LogP contribution in [0.25, 0.3) is 0 Å². The van der Waals surface area contributed by atoms with Crippen molar-refractivity contribution in [3.8, 4) is 0 Å². The van der Waals surface area contributed by atoms with E-state index < -0.39 is 0 Å². The van der Waals surface area contributed by atoms with Crippen LogP contribution in [-0.2, 0) is 6.42 Å². The quantitative estimate of drug-likeness (QED) is 0.586. The molecule has 1 amide bonds. The van der Waals surface area contributed by atoms with Gasteiger partial charge in [0.2, 0.25) is 0 Å². The molecule has 0 aliphatic carbocycles. The molecular formula is C23H23N3O2. The Bertz CT molecular complexity index is 993. The lowest BCUT2D eigenvalue weighted by Crippen LogP contribution is -2.12. The molecule has 5 heteroatoms. The molecule has 1 heterocycles. The second-order valence-corrected chi connectivity index (χ2v) is 6.61. The number of pyridine rings is 1. The number of nitrogens with zero attached hydrogens (tertiary/aromatic N) is 1. The van der Waals surface area contributed by atoms with Crippen LogP contribution in [0.1, 0.15) is 45.7 Å². The predicted molar refractivity (Wildman–Crippen MR) is 112 cm³/mol. The van der Waals surface area contributed by atoms with Crippen LogP contribution >= 0.6 is 0 Å². The van der Waals surface area contributed by atoms with Crippen LogP contribution in [0.2, 0.25) is 0 Å². The predicted octanol–water partition coefficient (Wildman–Crippen LogP) is 5.15. The first-order valence-corrected chi connectivity index (χ1v) is 9.22. The van der Waals surface area contributed by atoms with E-state index in [2.05, 4.69) is 41.6 Å². The van der Waals surface area contributed by atoms with Gasteiger partial charge in [0.1, 0.15) is 5.82 Å². The van der Waals surface area contributed by atoms with Crippen LogP contribution in [0.15, 0.2) is 60.8 Å². The molecule has 0 atom stereocenters. The van der Waals surface area contributed by atoms with Gasteiger partial charge in [0.25, 0.3) is 5.91 Å². The van der Waals surface area contributed by atoms with Gasteiger partial charge in [-0.2, -0.15) is 0 Å². The van der Waals surface area contributed by atoms with E-state index in [4.69, 9.17) is 0 Å². The molecule has 1 aromatic heterocycles. The molecule has 0 saturated carbocycles. The van der Waals surface area contributed by atoms with Gasteiger partial charge in [-0.1, -0.05) is 25.1 Å². The van der Waals surface area contributed by atoms with E-state index in [0.717, 1.165) is 17.7 Å². The number of aromatic nitrogens is 1. The van der Waals surface area contributed by atoms with Crippen LogP contribution in [0.5, 0.6) is 0 Å². The molecule has 0 fully saturated rings. The highest BCUT2D eigenvalue weighted by atomic mass is 16.1. The lowest BCUT2D eigenvalue weighted by molar-refractivity contribution is 0.101. The molecule has 0 aliphatic rings. The van der Waals surface area contributed by atoms with E-state index in [1.807, 2.05) is 6.07 Å². The summed E-state index contributed by atoms with van der Waals surface area (Å²) in [6.45, 7) is 5.68. The van der Waals surface area contributed by atoms with Gasteiger partial charge in [-0.05, 0) is 67.8 Å². The summed E-state index contributed by atoms with van der Waals surface area (Å²) in [7, 11) is 0. The number of para-hydroxylation sites is 1. The minimum atomic E-state index is -0.250. The van der Waals surface area contributed by atoms with Gasteiger partial charge in [-0.15, -0.1) is 0 Å². The van der Waals surface area contributed by atoms with Gasteiger partial charge in [-0.3, -0.25) is 9.59 Å². The van der Waals surface area contributed by atoms with E-state index in [0.29, 0.717) is 22.6 Å². The maximum absolute atomic E-state index is 12.4. The Morgan fingerprint density at radius 3 is 2.29 bits per heavy atom. The molecule has 2 N–H and O–H groups in total. The summed E-state index contributed by atoms with van der Waals surface area (Å²) in [6, 6.07) is 16.5. The number of hydrogen-bond acceptors (Lipinski definition) is 4. The standard InChI is InChI=1S/C23H23N3O2/c1-4-17-7-5-6-15(2)22(17)26-21-13-10-19(14-24-21)23(28)25-20-11-8-18(9-12-20)16(3)27/h5-14H,4H2,1-3H3,(H,24,26)(H,25,28). The molecule has 142 valence electrons. The molecule has 28 heavy (non-hydrogen) atoms. The van der Waals surface area contributed by atoms with Crippen molar-refractivity contribution >= 4 is 28.9 Å². The summed E-state index contributed by atoms with van der Waals surface area (Å²) < 4.78 is 0. The highest BCUT2D eigenvalue weighted by Gasteiger charge is 2.09. The van der Waals surface area contributed by atoms with Gasteiger partial charge >= 0.3 is 0 Å². The highest BCUT2D eigenvalue weighted by Crippen LogP contribution is 2.24. The summed E-state index contributed by atoms with van der Waals surface area (Å²) in [6.07, 6.45) is 2.47. The maximum Gasteiger partial charge on any atom is 0.257 e. The number of rotatable bonds is 6. The van der Waals surface area contributed by atoms with Crippen LogP contribution < -0.4 is 10.6 Å². The van der Waals surface area contributed by atoms with Gasteiger partial charge in [0, 0.05) is 23.1 Å². The molecular weight excluding hydrogens is 350 g/mol. The molecule has 2 aromatic carbocycles. The van der Waals surface area contributed by atoms with E-state index in [9.17, 15) is 9.59 Å². The first-order chi connectivity index (χ1) is 13.5. The zero-order valence-electron chi connectivity index (χ0n) is 16.2. The normalized spacial score (nSPS) is 10.4. The van der Waals surface area contributed by atoms with Gasteiger partial charge in [-0.25, -0.2) is 4.98 Å². The molecule has 0 bridgehead atoms. The van der Waals surface area contributed by atoms with Crippen molar-refractivity contribution in [1.29, 1.82) is 0 Å².